The molecule has 21 heavy (non-hydrogen) atoms. The Labute approximate surface area is 122 Å². The van der Waals surface area contributed by atoms with E-state index in [2.05, 4.69) is 5.32 Å². The van der Waals surface area contributed by atoms with Crippen LogP contribution in [0.1, 0.15) is 5.56 Å². The highest BCUT2D eigenvalue weighted by atomic mass is 19.1. The highest BCUT2D eigenvalue weighted by molar-refractivity contribution is 5.94. The van der Waals surface area contributed by atoms with Crippen molar-refractivity contribution in [2.75, 3.05) is 29.0 Å². The van der Waals surface area contributed by atoms with E-state index in [1.54, 1.807) is 30.3 Å². The number of carbonyl (C=O) groups excluding carboxylic acids is 1. The van der Waals surface area contributed by atoms with Gasteiger partial charge in [0.25, 0.3) is 0 Å². The maximum absolute atomic E-state index is 13.3. The van der Waals surface area contributed by atoms with Gasteiger partial charge in [-0.2, -0.15) is 0 Å². The van der Waals surface area contributed by atoms with Crippen LogP contribution in [0.15, 0.2) is 42.5 Å². The quantitative estimate of drug-likeness (QED) is 0.851. The van der Waals surface area contributed by atoms with Gasteiger partial charge in [-0.3, -0.25) is 4.79 Å². The zero-order valence-electron chi connectivity index (χ0n) is 11.5. The van der Waals surface area contributed by atoms with Gasteiger partial charge in [0, 0.05) is 23.6 Å². The Balaban J connectivity index is 1.67. The molecule has 2 aromatic rings. The Bertz CT molecular complexity index is 670. The summed E-state index contributed by atoms with van der Waals surface area (Å²) in [5.74, 6) is -0.406. The van der Waals surface area contributed by atoms with Crippen molar-refractivity contribution >= 4 is 23.0 Å². The first-order valence-electron chi connectivity index (χ1n) is 6.80. The standard InChI is InChI=1S/C16H16FN3O/c17-12-2-1-11-7-8-20(15(11)9-12)10-16(21)19-14-5-3-13(18)4-6-14/h1-6,9H,7-8,10,18H2,(H,19,21). The molecule has 0 atom stereocenters. The van der Waals surface area contributed by atoms with Crippen LogP contribution in [0, 0.1) is 5.82 Å². The molecule has 1 aliphatic rings. The maximum atomic E-state index is 13.3. The Hall–Kier alpha value is -2.56. The molecule has 1 amide bonds. The average molecular weight is 285 g/mol. The molecule has 0 saturated heterocycles. The van der Waals surface area contributed by atoms with E-state index in [-0.39, 0.29) is 18.3 Å². The zero-order chi connectivity index (χ0) is 14.8. The van der Waals surface area contributed by atoms with E-state index in [1.165, 1.54) is 12.1 Å². The molecule has 0 saturated carbocycles. The van der Waals surface area contributed by atoms with Gasteiger partial charge in [-0.1, -0.05) is 6.07 Å². The summed E-state index contributed by atoms with van der Waals surface area (Å²) in [6, 6.07) is 11.7. The monoisotopic (exact) mass is 285 g/mol. The Morgan fingerprint density at radius 3 is 2.76 bits per heavy atom. The molecule has 1 heterocycles. The van der Waals surface area contributed by atoms with Gasteiger partial charge in [-0.25, -0.2) is 4.39 Å². The number of rotatable bonds is 3. The summed E-state index contributed by atoms with van der Waals surface area (Å²) in [7, 11) is 0. The lowest BCUT2D eigenvalue weighted by Gasteiger charge is -2.18. The summed E-state index contributed by atoms with van der Waals surface area (Å²) in [6.45, 7) is 0.939. The number of nitrogens with two attached hydrogens (primary N) is 1. The van der Waals surface area contributed by atoms with Gasteiger partial charge in [0.1, 0.15) is 5.82 Å². The highest BCUT2D eigenvalue weighted by Crippen LogP contribution is 2.28. The Kier molecular flexibility index (Phi) is 3.48. The molecule has 0 aliphatic carbocycles. The molecule has 0 spiro atoms. The fraction of sp³-hybridized carbons (Fsp3) is 0.188. The maximum Gasteiger partial charge on any atom is 0.243 e. The first-order chi connectivity index (χ1) is 10.1. The number of nitrogen functional groups attached to an aromatic ring is 1. The van der Waals surface area contributed by atoms with Crippen molar-refractivity contribution in [3.05, 3.63) is 53.8 Å². The summed E-state index contributed by atoms with van der Waals surface area (Å²) in [5, 5.41) is 2.81. The number of halogens is 1. The van der Waals surface area contributed by atoms with Crippen LogP contribution in [-0.2, 0) is 11.2 Å². The lowest BCUT2D eigenvalue weighted by Crippen LogP contribution is -2.31. The van der Waals surface area contributed by atoms with Crippen molar-refractivity contribution in [1.82, 2.24) is 0 Å². The van der Waals surface area contributed by atoms with Crippen LogP contribution in [0.4, 0.5) is 21.5 Å². The normalized spacial score (nSPS) is 13.1. The molecule has 2 aromatic carbocycles. The molecule has 3 N–H and O–H groups in total. The van der Waals surface area contributed by atoms with Gasteiger partial charge in [0.05, 0.1) is 6.54 Å². The van der Waals surface area contributed by atoms with Crippen LogP contribution < -0.4 is 16.0 Å². The van der Waals surface area contributed by atoms with E-state index in [9.17, 15) is 9.18 Å². The van der Waals surface area contributed by atoms with Gasteiger partial charge in [0.15, 0.2) is 0 Å². The number of nitrogens with one attached hydrogen (secondary N) is 1. The highest BCUT2D eigenvalue weighted by Gasteiger charge is 2.21. The van der Waals surface area contributed by atoms with Crippen LogP contribution in [0.5, 0.6) is 0 Å². The number of anilines is 3. The molecule has 0 bridgehead atoms. The van der Waals surface area contributed by atoms with Gasteiger partial charge < -0.3 is 16.0 Å². The van der Waals surface area contributed by atoms with Crippen LogP contribution in [0.2, 0.25) is 0 Å². The number of fused-ring (bicyclic) bond motifs is 1. The number of benzene rings is 2. The van der Waals surface area contributed by atoms with Crippen LogP contribution in [0.3, 0.4) is 0 Å². The molecule has 108 valence electrons. The number of nitrogens with zero attached hydrogens (tertiary/aromatic N) is 1. The number of hydrogen-bond donors (Lipinski definition) is 2. The second-order valence-electron chi connectivity index (χ2n) is 5.11. The molecule has 0 unspecified atom stereocenters. The topological polar surface area (TPSA) is 58.4 Å². The second kappa shape index (κ2) is 5.44. The molecule has 1 aliphatic heterocycles. The van der Waals surface area contributed by atoms with E-state index < -0.39 is 0 Å². The van der Waals surface area contributed by atoms with Crippen molar-refractivity contribution in [2.45, 2.75) is 6.42 Å². The summed E-state index contributed by atoms with van der Waals surface area (Å²) in [5.41, 5.74) is 8.84. The second-order valence-corrected chi connectivity index (χ2v) is 5.11. The molecule has 4 nitrogen and oxygen atoms in total. The van der Waals surface area contributed by atoms with Crippen molar-refractivity contribution in [1.29, 1.82) is 0 Å². The van der Waals surface area contributed by atoms with Crippen LogP contribution >= 0.6 is 0 Å². The van der Waals surface area contributed by atoms with Crippen molar-refractivity contribution < 1.29 is 9.18 Å². The van der Waals surface area contributed by atoms with Gasteiger partial charge >= 0.3 is 0 Å². The first kappa shape index (κ1) is 13.4. The molecule has 0 radical (unpaired) electrons. The largest absolute Gasteiger partial charge is 0.399 e. The van der Waals surface area contributed by atoms with E-state index in [0.29, 0.717) is 11.4 Å². The molecule has 0 aromatic heterocycles. The predicted octanol–water partition coefficient (Wildman–Crippen LogP) is 2.41. The van der Waals surface area contributed by atoms with Crippen molar-refractivity contribution in [3.8, 4) is 0 Å². The number of hydrogen-bond acceptors (Lipinski definition) is 3. The fourth-order valence-electron chi connectivity index (χ4n) is 2.52. The molecular weight excluding hydrogens is 269 g/mol. The predicted molar refractivity (Wildman–Crippen MR) is 81.8 cm³/mol. The van der Waals surface area contributed by atoms with Gasteiger partial charge in [-0.15, -0.1) is 0 Å². The summed E-state index contributed by atoms with van der Waals surface area (Å²) < 4.78 is 13.3. The smallest absolute Gasteiger partial charge is 0.243 e. The minimum Gasteiger partial charge on any atom is -0.399 e. The third-order valence-electron chi connectivity index (χ3n) is 3.57. The van der Waals surface area contributed by atoms with E-state index in [0.717, 1.165) is 24.2 Å². The van der Waals surface area contributed by atoms with E-state index in [4.69, 9.17) is 5.73 Å². The molecule has 5 heteroatoms. The van der Waals surface area contributed by atoms with E-state index in [1.807, 2.05) is 4.90 Å². The van der Waals surface area contributed by atoms with Crippen molar-refractivity contribution in [3.63, 3.8) is 0 Å². The molecular formula is C16H16FN3O. The SMILES string of the molecule is Nc1ccc(NC(=O)CN2CCc3ccc(F)cc32)cc1. The van der Waals surface area contributed by atoms with Gasteiger partial charge in [-0.05, 0) is 48.4 Å². The Morgan fingerprint density at radius 1 is 1.24 bits per heavy atom. The lowest BCUT2D eigenvalue weighted by atomic mass is 10.2. The lowest BCUT2D eigenvalue weighted by molar-refractivity contribution is -0.115. The third-order valence-corrected chi connectivity index (χ3v) is 3.57. The Morgan fingerprint density at radius 2 is 2.00 bits per heavy atom. The summed E-state index contributed by atoms with van der Waals surface area (Å²) >= 11 is 0. The molecule has 3 rings (SSSR count). The zero-order valence-corrected chi connectivity index (χ0v) is 11.5. The van der Waals surface area contributed by atoms with Crippen LogP contribution in [0.25, 0.3) is 0 Å². The number of amides is 1. The van der Waals surface area contributed by atoms with Crippen LogP contribution in [-0.4, -0.2) is 19.0 Å². The third kappa shape index (κ3) is 2.97. The molecule has 0 fully saturated rings. The van der Waals surface area contributed by atoms with Crippen molar-refractivity contribution in [2.24, 2.45) is 0 Å². The first-order valence-corrected chi connectivity index (χ1v) is 6.80. The minimum atomic E-state index is -0.278. The fourth-order valence-corrected chi connectivity index (χ4v) is 2.52. The summed E-state index contributed by atoms with van der Waals surface area (Å²) in [6.07, 6.45) is 0.838. The van der Waals surface area contributed by atoms with E-state index >= 15 is 0 Å². The summed E-state index contributed by atoms with van der Waals surface area (Å²) in [4.78, 5) is 14.0. The van der Waals surface area contributed by atoms with Gasteiger partial charge in [0.2, 0.25) is 5.91 Å². The number of carbonyl (C=O) groups is 1. The average Bonchev–Trinajstić information content (AvgIpc) is 2.84. The minimum absolute atomic E-state index is 0.128.